The third-order valence-electron chi connectivity index (χ3n) is 7.06. The smallest absolute Gasteiger partial charge is 0.252 e. The molecule has 3 aromatic carbocycles. The van der Waals surface area contributed by atoms with Gasteiger partial charge in [0.15, 0.2) is 0 Å². The molecule has 0 bridgehead atoms. The third-order valence-corrected chi connectivity index (χ3v) is 8.27. The Morgan fingerprint density at radius 3 is 2.69 bits per heavy atom. The summed E-state index contributed by atoms with van der Waals surface area (Å²) in [6.07, 6.45) is 5.50. The summed E-state index contributed by atoms with van der Waals surface area (Å²) in [5, 5.41) is 7.89. The van der Waals surface area contributed by atoms with Gasteiger partial charge in [0.05, 0.1) is 17.0 Å². The first-order valence-electron chi connectivity index (χ1n) is 12.3. The van der Waals surface area contributed by atoms with Crippen molar-refractivity contribution in [2.24, 2.45) is 11.0 Å². The van der Waals surface area contributed by atoms with Gasteiger partial charge in [-0.25, -0.2) is 9.82 Å². The van der Waals surface area contributed by atoms with Crippen molar-refractivity contribution in [3.63, 3.8) is 0 Å². The van der Waals surface area contributed by atoms with Crippen LogP contribution in [-0.4, -0.2) is 16.9 Å². The quantitative estimate of drug-likeness (QED) is 0.213. The van der Waals surface area contributed by atoms with Crippen LogP contribution in [-0.2, 0) is 10.5 Å². The molecule has 2 N–H and O–H groups in total. The van der Waals surface area contributed by atoms with Crippen molar-refractivity contribution in [1.82, 2.24) is 5.43 Å². The van der Waals surface area contributed by atoms with E-state index in [1.165, 1.54) is 23.3 Å². The molecule has 0 unspecified atom stereocenters. The van der Waals surface area contributed by atoms with E-state index in [-0.39, 0.29) is 28.9 Å². The van der Waals surface area contributed by atoms with E-state index < -0.39 is 0 Å². The number of hydrazone groups is 1. The molecule has 2 aliphatic rings. The number of carbonyl (C=O) groups is 1. The molecule has 0 fully saturated rings. The Bertz CT molecular complexity index is 1290. The minimum Gasteiger partial charge on any atom is -0.378 e. The number of anilines is 1. The molecule has 1 amide bonds. The Kier molecular flexibility index (Phi) is 7.23. The summed E-state index contributed by atoms with van der Waals surface area (Å²) in [5.74, 6) is 1.12. The maximum absolute atomic E-state index is 13.5. The van der Waals surface area contributed by atoms with Crippen LogP contribution in [0.2, 0.25) is 0 Å². The number of allylic oxidation sites excluding steroid dienone is 2. The van der Waals surface area contributed by atoms with E-state index >= 15 is 0 Å². The second kappa shape index (κ2) is 10.7. The number of nitrogens with zero attached hydrogens (tertiary/aromatic N) is 1. The zero-order chi connectivity index (χ0) is 25.1. The van der Waals surface area contributed by atoms with E-state index in [2.05, 4.69) is 52.3 Å². The topological polar surface area (TPSA) is 53.5 Å². The second-order valence-corrected chi connectivity index (χ2v) is 10.8. The van der Waals surface area contributed by atoms with Gasteiger partial charge in [0.1, 0.15) is 5.82 Å². The molecule has 36 heavy (non-hydrogen) atoms. The van der Waals surface area contributed by atoms with Crippen LogP contribution in [0.1, 0.15) is 54.5 Å². The molecule has 3 aromatic rings. The van der Waals surface area contributed by atoms with Crippen molar-refractivity contribution < 1.29 is 9.18 Å². The van der Waals surface area contributed by atoms with Crippen LogP contribution >= 0.6 is 11.8 Å². The predicted octanol–water partition coefficient (Wildman–Crippen LogP) is 6.81. The molecule has 184 valence electrons. The molecule has 1 aliphatic carbocycles. The van der Waals surface area contributed by atoms with Crippen LogP contribution < -0.4 is 10.7 Å². The van der Waals surface area contributed by atoms with Gasteiger partial charge in [-0.1, -0.05) is 60.7 Å². The first kappa shape index (κ1) is 24.3. The zero-order valence-corrected chi connectivity index (χ0v) is 21.3. The number of hydrogen-bond donors (Lipinski definition) is 2. The Hall–Kier alpha value is -3.38. The largest absolute Gasteiger partial charge is 0.378 e. The van der Waals surface area contributed by atoms with Gasteiger partial charge >= 0.3 is 0 Å². The van der Waals surface area contributed by atoms with Gasteiger partial charge in [-0.15, -0.1) is 11.8 Å². The summed E-state index contributed by atoms with van der Waals surface area (Å²) in [6, 6.07) is 23.4. The van der Waals surface area contributed by atoms with Crippen LogP contribution in [0.25, 0.3) is 0 Å². The number of amides is 1. The molecule has 4 atom stereocenters. The minimum absolute atomic E-state index is 0.101. The monoisotopic (exact) mass is 499 g/mol. The Balaban J connectivity index is 1.27. The number of carbonyl (C=O) groups excluding carboxylic acids is 1. The highest BCUT2D eigenvalue weighted by Gasteiger charge is 2.38. The summed E-state index contributed by atoms with van der Waals surface area (Å²) in [5.41, 5.74) is 9.12. The van der Waals surface area contributed by atoms with Crippen molar-refractivity contribution in [2.75, 3.05) is 5.32 Å². The van der Waals surface area contributed by atoms with Crippen molar-refractivity contribution in [3.8, 4) is 0 Å². The fourth-order valence-corrected chi connectivity index (χ4v) is 5.82. The lowest BCUT2D eigenvalue weighted by molar-refractivity contribution is -0.120. The molecule has 0 saturated carbocycles. The average molecular weight is 500 g/mol. The highest BCUT2D eigenvalue weighted by atomic mass is 32.2. The van der Waals surface area contributed by atoms with Gasteiger partial charge in [-0.3, -0.25) is 4.79 Å². The summed E-state index contributed by atoms with van der Waals surface area (Å²) in [4.78, 5) is 12.6. The summed E-state index contributed by atoms with van der Waals surface area (Å²) in [7, 11) is 0. The number of benzene rings is 3. The van der Waals surface area contributed by atoms with Crippen LogP contribution in [0.15, 0.2) is 90.0 Å². The van der Waals surface area contributed by atoms with Gasteiger partial charge in [-0.2, -0.15) is 5.10 Å². The molecule has 1 aliphatic heterocycles. The lowest BCUT2D eigenvalue weighted by Gasteiger charge is -2.37. The van der Waals surface area contributed by atoms with Gasteiger partial charge in [0.2, 0.25) is 0 Å². The normalized spacial score (nSPS) is 21.3. The van der Waals surface area contributed by atoms with E-state index in [1.807, 2.05) is 50.2 Å². The number of fused-ring (bicyclic) bond motifs is 3. The fourth-order valence-electron chi connectivity index (χ4n) is 4.99. The number of halogens is 1. The molecule has 5 rings (SSSR count). The van der Waals surface area contributed by atoms with Gasteiger partial charge < -0.3 is 5.32 Å². The Morgan fingerprint density at radius 2 is 1.92 bits per heavy atom. The summed E-state index contributed by atoms with van der Waals surface area (Å²) < 4.78 is 13.5. The maximum Gasteiger partial charge on any atom is 0.252 e. The number of rotatable bonds is 7. The van der Waals surface area contributed by atoms with Crippen LogP contribution in [0.3, 0.4) is 0 Å². The highest BCUT2D eigenvalue weighted by molar-refractivity contribution is 7.99. The first-order chi connectivity index (χ1) is 17.5. The van der Waals surface area contributed by atoms with Crippen molar-refractivity contribution >= 4 is 29.1 Å². The fraction of sp³-hybridized carbons (Fsp3) is 0.267. The predicted molar refractivity (Wildman–Crippen MR) is 147 cm³/mol. The van der Waals surface area contributed by atoms with E-state index in [9.17, 15) is 9.18 Å². The molecule has 0 aromatic heterocycles. The molecule has 6 heteroatoms. The number of thioether (sulfide) groups is 1. The molecule has 0 saturated heterocycles. The van der Waals surface area contributed by atoms with Crippen LogP contribution in [0, 0.1) is 11.7 Å². The molecule has 4 nitrogen and oxygen atoms in total. The Labute approximate surface area is 216 Å². The minimum atomic E-state index is -0.216. The van der Waals surface area contributed by atoms with E-state index in [0.717, 1.165) is 34.7 Å². The van der Waals surface area contributed by atoms with Crippen molar-refractivity contribution in [3.05, 3.63) is 113 Å². The SMILES string of the molecule is C/C(=N/NC(=O)[C@H](C)SCc1ccccc1)c1ccc2c(c1)[C@@H]1C=CC[C@@H]1[C@H](c1ccc(F)cc1)N2. The van der Waals surface area contributed by atoms with Gasteiger partial charge in [-0.05, 0) is 72.7 Å². The molecular formula is C30H30FN3OS. The van der Waals surface area contributed by atoms with E-state index in [4.69, 9.17) is 0 Å². The van der Waals surface area contributed by atoms with E-state index in [1.54, 1.807) is 11.8 Å². The Morgan fingerprint density at radius 1 is 1.14 bits per heavy atom. The van der Waals surface area contributed by atoms with E-state index in [0.29, 0.717) is 5.92 Å². The third kappa shape index (κ3) is 5.24. The molecule has 0 spiro atoms. The summed E-state index contributed by atoms with van der Waals surface area (Å²) >= 11 is 1.60. The molecular weight excluding hydrogens is 469 g/mol. The number of nitrogens with one attached hydrogen (secondary N) is 2. The second-order valence-electron chi connectivity index (χ2n) is 9.44. The highest BCUT2D eigenvalue weighted by Crippen LogP contribution is 2.49. The van der Waals surface area contributed by atoms with Crippen LogP contribution in [0.4, 0.5) is 10.1 Å². The van der Waals surface area contributed by atoms with Crippen molar-refractivity contribution in [1.29, 1.82) is 0 Å². The average Bonchev–Trinajstić information content (AvgIpc) is 3.41. The molecule has 0 radical (unpaired) electrons. The number of hydrogen-bond acceptors (Lipinski definition) is 4. The van der Waals surface area contributed by atoms with Gasteiger partial charge in [0.25, 0.3) is 5.91 Å². The lowest BCUT2D eigenvalue weighted by atomic mass is 9.76. The van der Waals surface area contributed by atoms with Crippen LogP contribution in [0.5, 0.6) is 0 Å². The standard InChI is InChI=1S/C30H30FN3OS/c1-19(33-34-30(35)20(2)36-18-21-7-4-3-5-8-21)23-13-16-28-27(17-23)25-9-6-10-26(25)29(32-28)22-11-14-24(31)15-12-22/h3-9,11-17,20,25-26,29,32H,10,18H2,1-2H3,(H,34,35)/b33-19-/t20-,25+,26-,29-/m0/s1. The zero-order valence-electron chi connectivity index (χ0n) is 20.4. The van der Waals surface area contributed by atoms with Gasteiger partial charge in [0, 0.05) is 17.4 Å². The van der Waals surface area contributed by atoms with Crippen molar-refractivity contribution in [2.45, 2.75) is 43.2 Å². The maximum atomic E-state index is 13.5. The molecule has 1 heterocycles. The summed E-state index contributed by atoms with van der Waals surface area (Å²) in [6.45, 7) is 3.83. The lowest BCUT2D eigenvalue weighted by Crippen LogP contribution is -2.29. The first-order valence-corrected chi connectivity index (χ1v) is 13.4.